The number of ether oxygens (including phenoxy) is 1. The van der Waals surface area contributed by atoms with E-state index >= 15 is 0 Å². The number of hydrogen-bond donors (Lipinski definition) is 1. The van der Waals surface area contributed by atoms with Crippen LogP contribution < -0.4 is 10.1 Å². The van der Waals surface area contributed by atoms with Gasteiger partial charge in [-0.15, -0.1) is 0 Å². The molecule has 2 aromatic rings. The van der Waals surface area contributed by atoms with Crippen LogP contribution in [0.25, 0.3) is 0 Å². The van der Waals surface area contributed by atoms with Crippen LogP contribution in [0.1, 0.15) is 5.56 Å². The summed E-state index contributed by atoms with van der Waals surface area (Å²) in [6, 6.07) is 14.1. The van der Waals surface area contributed by atoms with Crippen molar-refractivity contribution in [3.8, 4) is 5.75 Å². The predicted molar refractivity (Wildman–Crippen MR) is 73.4 cm³/mol. The van der Waals surface area contributed by atoms with Gasteiger partial charge in [-0.3, -0.25) is 10.1 Å². The topological polar surface area (TPSA) is 64.4 Å². The molecule has 0 aliphatic carbocycles. The summed E-state index contributed by atoms with van der Waals surface area (Å²) in [5.41, 5.74) is 2.05. The van der Waals surface area contributed by atoms with Gasteiger partial charge >= 0.3 is 0 Å². The van der Waals surface area contributed by atoms with Crippen LogP contribution in [0.15, 0.2) is 48.5 Å². The molecule has 0 spiro atoms. The average molecular weight is 258 g/mol. The molecule has 0 saturated carbocycles. The molecule has 2 aromatic carbocycles. The van der Waals surface area contributed by atoms with Gasteiger partial charge in [0.15, 0.2) is 0 Å². The van der Waals surface area contributed by atoms with E-state index in [4.69, 9.17) is 4.74 Å². The zero-order chi connectivity index (χ0) is 13.7. The first kappa shape index (κ1) is 12.9. The van der Waals surface area contributed by atoms with E-state index in [1.54, 1.807) is 19.2 Å². The van der Waals surface area contributed by atoms with Gasteiger partial charge in [-0.1, -0.05) is 12.1 Å². The molecule has 0 unspecified atom stereocenters. The van der Waals surface area contributed by atoms with E-state index in [1.165, 1.54) is 12.1 Å². The fraction of sp³-hybridized carbons (Fsp3) is 0.143. The molecule has 1 N–H and O–H groups in total. The minimum Gasteiger partial charge on any atom is -0.497 e. The summed E-state index contributed by atoms with van der Waals surface area (Å²) in [6.45, 7) is 0.655. The van der Waals surface area contributed by atoms with Crippen molar-refractivity contribution < 1.29 is 9.66 Å². The first-order chi connectivity index (χ1) is 9.19. The van der Waals surface area contributed by atoms with Crippen molar-refractivity contribution in [3.05, 3.63) is 64.2 Å². The molecule has 19 heavy (non-hydrogen) atoms. The SMILES string of the molecule is COc1ccc(CNc2ccc([N+](=O)[O-])cc2)cc1. The Labute approximate surface area is 111 Å². The second-order valence-electron chi connectivity index (χ2n) is 4.01. The van der Waals surface area contributed by atoms with Crippen molar-refractivity contribution in [2.24, 2.45) is 0 Å². The highest BCUT2D eigenvalue weighted by atomic mass is 16.6. The molecule has 0 fully saturated rings. The molecule has 0 heterocycles. The molecule has 0 saturated heterocycles. The molecule has 0 aromatic heterocycles. The van der Waals surface area contributed by atoms with E-state index in [0.29, 0.717) is 6.54 Å². The highest BCUT2D eigenvalue weighted by molar-refractivity contribution is 5.48. The monoisotopic (exact) mass is 258 g/mol. The van der Waals surface area contributed by atoms with Gasteiger partial charge in [-0.25, -0.2) is 0 Å². The van der Waals surface area contributed by atoms with Gasteiger partial charge in [-0.05, 0) is 29.8 Å². The Balaban J connectivity index is 1.95. The lowest BCUT2D eigenvalue weighted by Crippen LogP contribution is -1.99. The highest BCUT2D eigenvalue weighted by Crippen LogP contribution is 2.17. The van der Waals surface area contributed by atoms with Gasteiger partial charge in [0, 0.05) is 24.4 Å². The summed E-state index contributed by atoms with van der Waals surface area (Å²) in [5, 5.41) is 13.7. The first-order valence-electron chi connectivity index (χ1n) is 5.80. The summed E-state index contributed by atoms with van der Waals surface area (Å²) in [5.74, 6) is 0.819. The predicted octanol–water partition coefficient (Wildman–Crippen LogP) is 3.22. The lowest BCUT2D eigenvalue weighted by molar-refractivity contribution is -0.384. The third-order valence-electron chi connectivity index (χ3n) is 2.73. The Morgan fingerprint density at radius 2 is 1.74 bits per heavy atom. The Hall–Kier alpha value is -2.56. The Bertz CT molecular complexity index is 550. The molecular formula is C14H14N2O3. The van der Waals surface area contributed by atoms with E-state index in [1.807, 2.05) is 24.3 Å². The zero-order valence-electron chi connectivity index (χ0n) is 10.5. The van der Waals surface area contributed by atoms with Crippen molar-refractivity contribution in [3.63, 3.8) is 0 Å². The number of rotatable bonds is 5. The van der Waals surface area contributed by atoms with Gasteiger partial charge in [-0.2, -0.15) is 0 Å². The highest BCUT2D eigenvalue weighted by Gasteiger charge is 2.03. The maximum Gasteiger partial charge on any atom is 0.269 e. The van der Waals surface area contributed by atoms with E-state index in [0.717, 1.165) is 17.0 Å². The Kier molecular flexibility index (Phi) is 3.97. The number of non-ortho nitro benzene ring substituents is 1. The van der Waals surface area contributed by atoms with Crippen LogP contribution in [0, 0.1) is 10.1 Å². The van der Waals surface area contributed by atoms with Crippen LogP contribution >= 0.6 is 0 Å². The minimum absolute atomic E-state index is 0.0926. The molecule has 0 amide bonds. The quantitative estimate of drug-likeness (QED) is 0.660. The molecular weight excluding hydrogens is 244 g/mol. The van der Waals surface area contributed by atoms with Gasteiger partial charge in [0.05, 0.1) is 12.0 Å². The Morgan fingerprint density at radius 3 is 2.26 bits per heavy atom. The minimum atomic E-state index is -0.409. The number of nitro benzene ring substituents is 1. The summed E-state index contributed by atoms with van der Waals surface area (Å²) < 4.78 is 5.08. The third-order valence-corrected chi connectivity index (χ3v) is 2.73. The molecule has 98 valence electrons. The number of methoxy groups -OCH3 is 1. The second-order valence-corrected chi connectivity index (χ2v) is 4.01. The normalized spacial score (nSPS) is 9.95. The fourth-order valence-corrected chi connectivity index (χ4v) is 1.65. The van der Waals surface area contributed by atoms with Crippen molar-refractivity contribution in [2.45, 2.75) is 6.54 Å². The molecule has 0 aliphatic rings. The van der Waals surface area contributed by atoms with Crippen LogP contribution in [-0.2, 0) is 6.54 Å². The number of nitrogens with one attached hydrogen (secondary N) is 1. The van der Waals surface area contributed by atoms with Gasteiger partial charge < -0.3 is 10.1 Å². The molecule has 0 radical (unpaired) electrons. The van der Waals surface area contributed by atoms with Crippen LogP contribution in [0.3, 0.4) is 0 Å². The number of benzene rings is 2. The molecule has 0 bridgehead atoms. The lowest BCUT2D eigenvalue weighted by Gasteiger charge is -2.07. The van der Waals surface area contributed by atoms with Crippen LogP contribution in [0.2, 0.25) is 0 Å². The standard InChI is InChI=1S/C14H14N2O3/c1-19-14-8-2-11(3-9-14)10-15-12-4-6-13(7-5-12)16(17)18/h2-9,15H,10H2,1H3. The van der Waals surface area contributed by atoms with Gasteiger partial charge in [0.2, 0.25) is 0 Å². The molecule has 5 nitrogen and oxygen atoms in total. The third kappa shape index (κ3) is 3.45. The number of anilines is 1. The second kappa shape index (κ2) is 5.86. The molecule has 0 aliphatic heterocycles. The average Bonchev–Trinajstić information content (AvgIpc) is 2.46. The van der Waals surface area contributed by atoms with E-state index < -0.39 is 4.92 Å². The maximum absolute atomic E-state index is 10.5. The molecule has 2 rings (SSSR count). The van der Waals surface area contributed by atoms with E-state index in [9.17, 15) is 10.1 Å². The molecule has 5 heteroatoms. The summed E-state index contributed by atoms with van der Waals surface area (Å²) in [7, 11) is 1.63. The van der Waals surface area contributed by atoms with Crippen molar-refractivity contribution in [1.82, 2.24) is 0 Å². The number of nitrogens with zero attached hydrogens (tertiary/aromatic N) is 1. The van der Waals surface area contributed by atoms with Crippen LogP contribution in [-0.4, -0.2) is 12.0 Å². The Morgan fingerprint density at radius 1 is 1.11 bits per heavy atom. The zero-order valence-corrected chi connectivity index (χ0v) is 10.5. The van der Waals surface area contributed by atoms with Gasteiger partial charge in [0.1, 0.15) is 5.75 Å². The van der Waals surface area contributed by atoms with E-state index in [-0.39, 0.29) is 5.69 Å². The maximum atomic E-state index is 10.5. The fourth-order valence-electron chi connectivity index (χ4n) is 1.65. The molecule has 0 atom stereocenters. The smallest absolute Gasteiger partial charge is 0.269 e. The number of hydrogen-bond acceptors (Lipinski definition) is 4. The van der Waals surface area contributed by atoms with Crippen molar-refractivity contribution >= 4 is 11.4 Å². The summed E-state index contributed by atoms with van der Waals surface area (Å²) >= 11 is 0. The van der Waals surface area contributed by atoms with Crippen molar-refractivity contribution in [2.75, 3.05) is 12.4 Å². The number of nitro groups is 1. The lowest BCUT2D eigenvalue weighted by atomic mass is 10.2. The van der Waals surface area contributed by atoms with Gasteiger partial charge in [0.25, 0.3) is 5.69 Å². The van der Waals surface area contributed by atoms with Crippen LogP contribution in [0.5, 0.6) is 5.75 Å². The summed E-state index contributed by atoms with van der Waals surface area (Å²) in [6.07, 6.45) is 0. The first-order valence-corrected chi connectivity index (χ1v) is 5.80. The largest absolute Gasteiger partial charge is 0.497 e. The van der Waals surface area contributed by atoms with Crippen LogP contribution in [0.4, 0.5) is 11.4 Å². The summed E-state index contributed by atoms with van der Waals surface area (Å²) in [4.78, 5) is 10.1. The van der Waals surface area contributed by atoms with Crippen molar-refractivity contribution in [1.29, 1.82) is 0 Å². The van der Waals surface area contributed by atoms with E-state index in [2.05, 4.69) is 5.32 Å².